The summed E-state index contributed by atoms with van der Waals surface area (Å²) in [5.74, 6) is 0.125. The Morgan fingerprint density at radius 1 is 1.33 bits per heavy atom. The van der Waals surface area contributed by atoms with Crippen molar-refractivity contribution in [3.8, 4) is 6.07 Å². The van der Waals surface area contributed by atoms with Gasteiger partial charge in [0.2, 0.25) is 5.82 Å². The number of nitriles is 1. The number of aliphatic hydroxyl groups is 1. The van der Waals surface area contributed by atoms with Crippen LogP contribution in [0.3, 0.4) is 0 Å². The molecule has 0 aliphatic carbocycles. The second kappa shape index (κ2) is 4.28. The first-order valence-corrected chi connectivity index (χ1v) is 5.98. The van der Waals surface area contributed by atoms with E-state index in [1.807, 2.05) is 6.07 Å². The number of nitrogens with zero attached hydrogens (tertiary/aromatic N) is 3. The first kappa shape index (κ1) is 11.5. The zero-order valence-electron chi connectivity index (χ0n) is 9.83. The van der Waals surface area contributed by atoms with E-state index in [0.29, 0.717) is 31.6 Å². The Balaban J connectivity index is 1.87. The molecule has 2 saturated heterocycles. The molecule has 1 aromatic rings. The van der Waals surface area contributed by atoms with E-state index >= 15 is 0 Å². The van der Waals surface area contributed by atoms with Crippen molar-refractivity contribution >= 4 is 0 Å². The van der Waals surface area contributed by atoms with Crippen LogP contribution in [0.4, 0.5) is 0 Å². The van der Waals surface area contributed by atoms with Crippen molar-refractivity contribution in [1.29, 1.82) is 5.26 Å². The fourth-order valence-electron chi connectivity index (χ4n) is 2.78. The van der Waals surface area contributed by atoms with E-state index < -0.39 is 5.60 Å². The molecule has 2 fully saturated rings. The molecule has 18 heavy (non-hydrogen) atoms. The number of nitrogens with one attached hydrogen (secondary N) is 1. The number of morpholine rings is 1. The second-order valence-corrected chi connectivity index (χ2v) is 4.94. The zero-order valence-corrected chi connectivity index (χ0v) is 9.83. The summed E-state index contributed by atoms with van der Waals surface area (Å²) in [6.07, 6.45) is 4.26. The van der Waals surface area contributed by atoms with E-state index in [9.17, 15) is 5.11 Å². The van der Waals surface area contributed by atoms with E-state index in [4.69, 9.17) is 10.00 Å². The van der Waals surface area contributed by atoms with Gasteiger partial charge >= 0.3 is 0 Å². The molecule has 2 bridgehead atoms. The maximum atomic E-state index is 10.8. The number of piperidine rings is 1. The zero-order chi connectivity index (χ0) is 12.6. The fourth-order valence-corrected chi connectivity index (χ4v) is 2.78. The fraction of sp³-hybridized carbons (Fsp3) is 0.583. The molecule has 3 heterocycles. The van der Waals surface area contributed by atoms with E-state index in [1.54, 1.807) is 12.4 Å². The largest absolute Gasteiger partial charge is 0.385 e. The van der Waals surface area contributed by atoms with E-state index in [2.05, 4.69) is 15.3 Å². The molecule has 2 unspecified atom stereocenters. The predicted molar refractivity (Wildman–Crippen MR) is 61.4 cm³/mol. The number of hydrogen-bond donors (Lipinski definition) is 2. The SMILES string of the molecule is N#Cc1ncc(C2(O)CC3COCC(C2)N3)cn1. The Morgan fingerprint density at radius 2 is 1.94 bits per heavy atom. The Morgan fingerprint density at radius 3 is 2.50 bits per heavy atom. The maximum absolute atomic E-state index is 10.8. The second-order valence-electron chi connectivity index (χ2n) is 4.94. The topological polar surface area (TPSA) is 91.1 Å². The summed E-state index contributed by atoms with van der Waals surface area (Å²) in [6, 6.07) is 2.20. The summed E-state index contributed by atoms with van der Waals surface area (Å²) >= 11 is 0. The molecule has 0 aromatic carbocycles. The molecule has 2 aliphatic rings. The van der Waals surface area contributed by atoms with Gasteiger partial charge in [-0.25, -0.2) is 9.97 Å². The Labute approximate surface area is 105 Å². The molecule has 6 nitrogen and oxygen atoms in total. The van der Waals surface area contributed by atoms with Crippen LogP contribution in [0.5, 0.6) is 0 Å². The number of rotatable bonds is 1. The third-order valence-corrected chi connectivity index (χ3v) is 3.57. The molecule has 2 atom stereocenters. The van der Waals surface area contributed by atoms with Crippen LogP contribution < -0.4 is 5.32 Å². The lowest BCUT2D eigenvalue weighted by Gasteiger charge is -2.44. The summed E-state index contributed by atoms with van der Waals surface area (Å²) in [5.41, 5.74) is -0.238. The lowest BCUT2D eigenvalue weighted by atomic mass is 9.79. The van der Waals surface area contributed by atoms with Crippen molar-refractivity contribution in [3.05, 3.63) is 23.8 Å². The average molecular weight is 246 g/mol. The lowest BCUT2D eigenvalue weighted by Crippen LogP contribution is -2.58. The van der Waals surface area contributed by atoms with Crippen LogP contribution in [-0.4, -0.2) is 40.4 Å². The van der Waals surface area contributed by atoms with E-state index in [-0.39, 0.29) is 17.9 Å². The summed E-state index contributed by atoms with van der Waals surface area (Å²) < 4.78 is 5.45. The van der Waals surface area contributed by atoms with Gasteiger partial charge in [0.1, 0.15) is 6.07 Å². The van der Waals surface area contributed by atoms with Gasteiger partial charge in [-0.1, -0.05) is 0 Å². The van der Waals surface area contributed by atoms with Gasteiger partial charge in [0.25, 0.3) is 0 Å². The van der Waals surface area contributed by atoms with Gasteiger partial charge in [-0.2, -0.15) is 5.26 Å². The number of hydrogen-bond acceptors (Lipinski definition) is 6. The average Bonchev–Trinajstić information content (AvgIpc) is 2.38. The normalized spacial score (nSPS) is 34.9. The van der Waals surface area contributed by atoms with Gasteiger partial charge < -0.3 is 15.2 Å². The van der Waals surface area contributed by atoms with Gasteiger partial charge in [-0.05, 0) is 12.8 Å². The van der Waals surface area contributed by atoms with Crippen LogP contribution in [0, 0.1) is 11.3 Å². The molecule has 1 aromatic heterocycles. The lowest BCUT2D eigenvalue weighted by molar-refractivity contribution is -0.0805. The van der Waals surface area contributed by atoms with Crippen molar-refractivity contribution in [2.75, 3.05) is 13.2 Å². The molecule has 2 N–H and O–H groups in total. The highest BCUT2D eigenvalue weighted by molar-refractivity contribution is 5.21. The summed E-state index contributed by atoms with van der Waals surface area (Å²) in [6.45, 7) is 1.24. The molecule has 0 spiro atoms. The Bertz CT molecular complexity index is 470. The van der Waals surface area contributed by atoms with Crippen molar-refractivity contribution in [2.24, 2.45) is 0 Å². The maximum Gasteiger partial charge on any atom is 0.232 e. The molecule has 2 aliphatic heterocycles. The van der Waals surface area contributed by atoms with E-state index in [1.165, 1.54) is 0 Å². The standard InChI is InChI=1S/C12H14N4O2/c13-3-11-14-4-8(5-15-11)12(17)1-9-6-18-7-10(2-12)16-9/h4-5,9-10,16-17H,1-2,6-7H2. The van der Waals surface area contributed by atoms with Gasteiger partial charge in [0.15, 0.2) is 0 Å². The summed E-state index contributed by atoms with van der Waals surface area (Å²) in [5, 5.41) is 22.8. The molecule has 0 amide bonds. The molecule has 0 saturated carbocycles. The number of aromatic nitrogens is 2. The minimum absolute atomic E-state index is 0.125. The minimum Gasteiger partial charge on any atom is -0.385 e. The van der Waals surface area contributed by atoms with Gasteiger partial charge in [-0.3, -0.25) is 0 Å². The predicted octanol–water partition coefficient (Wildman–Crippen LogP) is -0.313. The molecular weight excluding hydrogens is 232 g/mol. The minimum atomic E-state index is -0.918. The molecular formula is C12H14N4O2. The first-order valence-electron chi connectivity index (χ1n) is 5.98. The smallest absolute Gasteiger partial charge is 0.232 e. The van der Waals surface area contributed by atoms with Crippen molar-refractivity contribution in [3.63, 3.8) is 0 Å². The van der Waals surface area contributed by atoms with Crippen LogP contribution in [-0.2, 0) is 10.3 Å². The van der Waals surface area contributed by atoms with Crippen LogP contribution in [0.25, 0.3) is 0 Å². The Kier molecular flexibility index (Phi) is 2.74. The molecule has 94 valence electrons. The van der Waals surface area contributed by atoms with Crippen molar-refractivity contribution in [1.82, 2.24) is 15.3 Å². The van der Waals surface area contributed by atoms with Crippen LogP contribution in [0.15, 0.2) is 12.4 Å². The Hall–Kier alpha value is -1.55. The summed E-state index contributed by atoms with van der Waals surface area (Å²) in [4.78, 5) is 7.86. The number of fused-ring (bicyclic) bond motifs is 2. The highest BCUT2D eigenvalue weighted by Crippen LogP contribution is 2.35. The van der Waals surface area contributed by atoms with Crippen LogP contribution in [0.1, 0.15) is 24.2 Å². The van der Waals surface area contributed by atoms with Crippen molar-refractivity contribution in [2.45, 2.75) is 30.5 Å². The molecule has 3 rings (SSSR count). The van der Waals surface area contributed by atoms with Gasteiger partial charge in [-0.15, -0.1) is 0 Å². The first-order chi connectivity index (χ1) is 8.69. The molecule has 0 radical (unpaired) electrons. The number of ether oxygens (including phenoxy) is 1. The summed E-state index contributed by atoms with van der Waals surface area (Å²) in [7, 11) is 0. The van der Waals surface area contributed by atoms with Crippen LogP contribution >= 0.6 is 0 Å². The van der Waals surface area contributed by atoms with E-state index in [0.717, 1.165) is 0 Å². The third kappa shape index (κ3) is 1.97. The monoisotopic (exact) mass is 246 g/mol. The van der Waals surface area contributed by atoms with Gasteiger partial charge in [0, 0.05) is 30.0 Å². The third-order valence-electron chi connectivity index (χ3n) is 3.57. The van der Waals surface area contributed by atoms with Crippen LogP contribution in [0.2, 0.25) is 0 Å². The molecule has 6 heteroatoms. The highest BCUT2D eigenvalue weighted by atomic mass is 16.5. The quantitative estimate of drug-likeness (QED) is 0.706. The van der Waals surface area contributed by atoms with Gasteiger partial charge in [0.05, 0.1) is 18.8 Å². The van der Waals surface area contributed by atoms with Crippen molar-refractivity contribution < 1.29 is 9.84 Å². The highest BCUT2D eigenvalue weighted by Gasteiger charge is 2.42.